The number of nitrogens with one attached hydrogen (secondary N) is 1. The Kier molecular flexibility index (Phi) is 3.87. The van der Waals surface area contributed by atoms with Gasteiger partial charge in [0, 0.05) is 24.3 Å². The van der Waals surface area contributed by atoms with Crippen LogP contribution in [0.4, 0.5) is 0 Å². The van der Waals surface area contributed by atoms with Crippen LogP contribution in [0, 0.1) is 5.41 Å². The maximum absolute atomic E-state index is 4.45. The fraction of sp³-hybridized carbons (Fsp3) is 0.786. The molecular weight excluding hydrogens is 210 g/mol. The van der Waals surface area contributed by atoms with Gasteiger partial charge in [0.15, 0.2) is 0 Å². The number of aromatic nitrogens is 2. The highest BCUT2D eigenvalue weighted by molar-refractivity contribution is 5.15. The topological polar surface area (TPSA) is 29.9 Å². The molecule has 1 fully saturated rings. The Labute approximate surface area is 105 Å². The second-order valence-electron chi connectivity index (χ2n) is 5.62. The number of rotatable bonds is 5. The minimum Gasteiger partial charge on any atom is -0.312 e. The van der Waals surface area contributed by atoms with Gasteiger partial charge in [0.05, 0.1) is 6.20 Å². The molecule has 0 radical (unpaired) electrons. The molecule has 1 unspecified atom stereocenters. The van der Waals surface area contributed by atoms with E-state index in [4.69, 9.17) is 0 Å². The van der Waals surface area contributed by atoms with Crippen molar-refractivity contribution in [2.24, 2.45) is 5.41 Å². The van der Waals surface area contributed by atoms with E-state index in [-0.39, 0.29) is 0 Å². The van der Waals surface area contributed by atoms with Gasteiger partial charge >= 0.3 is 0 Å². The summed E-state index contributed by atoms with van der Waals surface area (Å²) < 4.78 is 2.07. The Morgan fingerprint density at radius 3 is 2.76 bits per heavy atom. The third-order valence-corrected chi connectivity index (χ3v) is 4.17. The first kappa shape index (κ1) is 12.6. The second kappa shape index (κ2) is 5.21. The summed E-state index contributed by atoms with van der Waals surface area (Å²) in [7, 11) is 2.07. The fourth-order valence-corrected chi connectivity index (χ4v) is 3.27. The Morgan fingerprint density at radius 2 is 2.18 bits per heavy atom. The molecule has 0 aromatic carbocycles. The molecule has 1 aliphatic carbocycles. The maximum atomic E-state index is 4.45. The summed E-state index contributed by atoms with van der Waals surface area (Å²) >= 11 is 0. The van der Waals surface area contributed by atoms with Crippen molar-refractivity contribution < 1.29 is 0 Å². The normalized spacial score (nSPS) is 20.6. The summed E-state index contributed by atoms with van der Waals surface area (Å²) in [5.74, 6) is 0. The molecule has 96 valence electrons. The first-order valence-electron chi connectivity index (χ1n) is 6.89. The lowest BCUT2D eigenvalue weighted by Crippen LogP contribution is -2.31. The molecule has 1 atom stereocenters. The molecule has 1 aromatic rings. The van der Waals surface area contributed by atoms with Gasteiger partial charge in [0.1, 0.15) is 0 Å². The van der Waals surface area contributed by atoms with E-state index in [1.165, 1.54) is 31.2 Å². The zero-order chi connectivity index (χ0) is 12.3. The van der Waals surface area contributed by atoms with Gasteiger partial charge in [0.25, 0.3) is 0 Å². The first-order valence-corrected chi connectivity index (χ1v) is 6.89. The van der Waals surface area contributed by atoms with Crippen LogP contribution in [0.5, 0.6) is 0 Å². The lowest BCUT2D eigenvalue weighted by Gasteiger charge is -2.33. The van der Waals surface area contributed by atoms with E-state index in [2.05, 4.69) is 42.2 Å². The lowest BCUT2D eigenvalue weighted by atomic mass is 9.78. The van der Waals surface area contributed by atoms with E-state index >= 15 is 0 Å². The molecule has 17 heavy (non-hydrogen) atoms. The van der Waals surface area contributed by atoms with Crippen LogP contribution in [0.1, 0.15) is 57.6 Å². The molecule has 0 saturated heterocycles. The van der Waals surface area contributed by atoms with Crippen LogP contribution in [-0.2, 0) is 6.54 Å². The highest BCUT2D eigenvalue weighted by Crippen LogP contribution is 2.46. The van der Waals surface area contributed by atoms with E-state index in [1.807, 2.05) is 6.20 Å². The van der Waals surface area contributed by atoms with Crippen molar-refractivity contribution in [3.8, 4) is 0 Å². The van der Waals surface area contributed by atoms with Crippen LogP contribution in [0.2, 0.25) is 0 Å². The van der Waals surface area contributed by atoms with E-state index in [0.717, 1.165) is 13.0 Å². The molecule has 0 bridgehead atoms. The Bertz CT molecular complexity index is 350. The predicted octanol–water partition coefficient (Wildman–Crippen LogP) is 3.13. The van der Waals surface area contributed by atoms with Crippen molar-refractivity contribution in [1.29, 1.82) is 0 Å². The molecule has 1 heterocycles. The average Bonchev–Trinajstić information content (AvgIpc) is 2.91. The van der Waals surface area contributed by atoms with Crippen LogP contribution in [0.15, 0.2) is 12.4 Å². The van der Waals surface area contributed by atoms with E-state index in [9.17, 15) is 0 Å². The van der Waals surface area contributed by atoms with Crippen LogP contribution in [0.25, 0.3) is 0 Å². The highest BCUT2D eigenvalue weighted by Gasteiger charge is 2.37. The molecule has 0 amide bonds. The first-order chi connectivity index (χ1) is 8.19. The molecule has 3 heteroatoms. The van der Waals surface area contributed by atoms with Crippen molar-refractivity contribution in [2.45, 2.75) is 58.5 Å². The van der Waals surface area contributed by atoms with Gasteiger partial charge in [-0.05, 0) is 31.7 Å². The quantitative estimate of drug-likeness (QED) is 0.849. The monoisotopic (exact) mass is 235 g/mol. The van der Waals surface area contributed by atoms with Crippen molar-refractivity contribution in [2.75, 3.05) is 7.05 Å². The lowest BCUT2D eigenvalue weighted by molar-refractivity contribution is 0.233. The number of aryl methyl sites for hydroxylation is 1. The Morgan fingerprint density at radius 1 is 1.47 bits per heavy atom. The number of hydrogen-bond donors (Lipinski definition) is 1. The van der Waals surface area contributed by atoms with Crippen molar-refractivity contribution in [3.63, 3.8) is 0 Å². The average molecular weight is 235 g/mol. The van der Waals surface area contributed by atoms with Crippen LogP contribution in [0.3, 0.4) is 0 Å². The number of nitrogens with zero attached hydrogens (tertiary/aromatic N) is 2. The summed E-state index contributed by atoms with van der Waals surface area (Å²) in [6.07, 6.45) is 10.8. The van der Waals surface area contributed by atoms with Crippen LogP contribution < -0.4 is 5.32 Å². The molecular formula is C14H25N3. The zero-order valence-electron chi connectivity index (χ0n) is 11.4. The smallest absolute Gasteiger partial charge is 0.0537 e. The van der Waals surface area contributed by atoms with Gasteiger partial charge < -0.3 is 5.32 Å². The molecule has 0 aliphatic heterocycles. The summed E-state index contributed by atoms with van der Waals surface area (Å²) in [6, 6.07) is 0.454. The largest absolute Gasteiger partial charge is 0.312 e. The van der Waals surface area contributed by atoms with E-state index in [0.29, 0.717) is 11.5 Å². The maximum Gasteiger partial charge on any atom is 0.0537 e. The standard InChI is InChI=1S/C14H25N3/c1-4-9-17-11-12(10-16-17)13(15-3)14(2)7-5-6-8-14/h10-11,13,15H,4-9H2,1-3H3. The number of hydrogen-bond acceptors (Lipinski definition) is 2. The SMILES string of the molecule is CCCn1cc(C(NC)C2(C)CCCC2)cn1. The minimum absolute atomic E-state index is 0.412. The van der Waals surface area contributed by atoms with E-state index < -0.39 is 0 Å². The zero-order valence-corrected chi connectivity index (χ0v) is 11.4. The third-order valence-electron chi connectivity index (χ3n) is 4.17. The predicted molar refractivity (Wildman–Crippen MR) is 70.9 cm³/mol. The molecule has 3 nitrogen and oxygen atoms in total. The summed E-state index contributed by atoms with van der Waals surface area (Å²) in [5.41, 5.74) is 1.76. The summed E-state index contributed by atoms with van der Waals surface area (Å²) in [5, 5.41) is 7.96. The minimum atomic E-state index is 0.412. The van der Waals surface area contributed by atoms with Gasteiger partial charge in [-0.25, -0.2) is 0 Å². The fourth-order valence-electron chi connectivity index (χ4n) is 3.27. The molecule has 1 aromatic heterocycles. The van der Waals surface area contributed by atoms with Gasteiger partial charge in [-0.15, -0.1) is 0 Å². The molecule has 1 N–H and O–H groups in total. The summed E-state index contributed by atoms with van der Waals surface area (Å²) in [6.45, 7) is 5.63. The van der Waals surface area contributed by atoms with E-state index in [1.54, 1.807) is 0 Å². The molecule has 1 saturated carbocycles. The highest BCUT2D eigenvalue weighted by atomic mass is 15.3. The molecule has 1 aliphatic rings. The van der Waals surface area contributed by atoms with Gasteiger partial charge in [-0.1, -0.05) is 26.7 Å². The molecule has 0 spiro atoms. The van der Waals surface area contributed by atoms with Crippen molar-refractivity contribution in [1.82, 2.24) is 15.1 Å². The van der Waals surface area contributed by atoms with Crippen LogP contribution >= 0.6 is 0 Å². The van der Waals surface area contributed by atoms with Gasteiger partial charge in [-0.3, -0.25) is 4.68 Å². The second-order valence-corrected chi connectivity index (χ2v) is 5.62. The van der Waals surface area contributed by atoms with Crippen molar-refractivity contribution >= 4 is 0 Å². The third kappa shape index (κ3) is 2.54. The Hall–Kier alpha value is -0.830. The molecule has 2 rings (SSSR count). The van der Waals surface area contributed by atoms with Crippen LogP contribution in [-0.4, -0.2) is 16.8 Å². The summed E-state index contributed by atoms with van der Waals surface area (Å²) in [4.78, 5) is 0. The van der Waals surface area contributed by atoms with Crippen molar-refractivity contribution in [3.05, 3.63) is 18.0 Å². The van der Waals surface area contributed by atoms with Gasteiger partial charge in [-0.2, -0.15) is 5.10 Å². The van der Waals surface area contributed by atoms with Gasteiger partial charge in [0.2, 0.25) is 0 Å². The Balaban J connectivity index is 2.16.